The van der Waals surface area contributed by atoms with Crippen LogP contribution < -0.4 is 5.32 Å². The quantitative estimate of drug-likeness (QED) is 0.532. The molecule has 0 aromatic carbocycles. The van der Waals surface area contributed by atoms with Crippen molar-refractivity contribution in [2.75, 3.05) is 27.2 Å². The molecule has 5 heteroatoms. The summed E-state index contributed by atoms with van der Waals surface area (Å²) in [6.07, 6.45) is 0.435. The second kappa shape index (κ2) is 4.23. The van der Waals surface area contributed by atoms with Gasteiger partial charge in [0, 0.05) is 19.5 Å². The van der Waals surface area contributed by atoms with Crippen molar-refractivity contribution in [1.29, 1.82) is 0 Å². The molecular formula is C8H14N2O3. The van der Waals surface area contributed by atoms with Crippen LogP contribution in [0.5, 0.6) is 0 Å². The molecule has 0 saturated carbocycles. The smallest absolute Gasteiger partial charge is 0.324 e. The lowest BCUT2D eigenvalue weighted by atomic mass is 10.2. The van der Waals surface area contributed by atoms with Gasteiger partial charge in [-0.3, -0.25) is 14.5 Å². The molecule has 0 spiro atoms. The summed E-state index contributed by atoms with van der Waals surface area (Å²) in [7, 11) is 3.16. The summed E-state index contributed by atoms with van der Waals surface area (Å²) in [5.41, 5.74) is 0. The third kappa shape index (κ3) is 2.42. The molecule has 1 saturated heterocycles. The number of methoxy groups -OCH3 is 1. The Hall–Kier alpha value is -1.10. The molecule has 0 aromatic rings. The summed E-state index contributed by atoms with van der Waals surface area (Å²) < 4.78 is 4.62. The van der Waals surface area contributed by atoms with Crippen LogP contribution in [0.2, 0.25) is 0 Å². The zero-order valence-corrected chi connectivity index (χ0v) is 7.87. The maximum Gasteiger partial charge on any atom is 0.324 e. The fraction of sp³-hybridized carbons (Fsp3) is 0.750. The topological polar surface area (TPSA) is 58.6 Å². The van der Waals surface area contributed by atoms with Crippen LogP contribution in [-0.4, -0.2) is 50.1 Å². The Morgan fingerprint density at radius 3 is 3.00 bits per heavy atom. The number of esters is 1. The average molecular weight is 186 g/mol. The van der Waals surface area contributed by atoms with Crippen molar-refractivity contribution in [3.63, 3.8) is 0 Å². The summed E-state index contributed by atoms with van der Waals surface area (Å²) in [4.78, 5) is 24.0. The monoisotopic (exact) mass is 186 g/mol. The fourth-order valence-corrected chi connectivity index (χ4v) is 1.29. The van der Waals surface area contributed by atoms with Crippen LogP contribution in [0.15, 0.2) is 0 Å². The van der Waals surface area contributed by atoms with E-state index in [4.69, 9.17) is 0 Å². The summed E-state index contributed by atoms with van der Waals surface area (Å²) in [5.74, 6) is -0.317. The van der Waals surface area contributed by atoms with E-state index in [0.717, 1.165) is 0 Å². The standard InChI is InChI=1S/C8H14N2O3/c1-10-4-3-7(11)9-5-6(10)8(12)13-2/h6H,3-5H2,1-2H3,(H,9,11). The average Bonchev–Trinajstić information content (AvgIpc) is 2.28. The predicted molar refractivity (Wildman–Crippen MR) is 46.1 cm³/mol. The first-order valence-electron chi connectivity index (χ1n) is 4.20. The van der Waals surface area contributed by atoms with E-state index >= 15 is 0 Å². The maximum absolute atomic E-state index is 11.2. The molecular weight excluding hydrogens is 172 g/mol. The zero-order valence-electron chi connectivity index (χ0n) is 7.87. The van der Waals surface area contributed by atoms with Gasteiger partial charge in [0.15, 0.2) is 0 Å². The predicted octanol–water partition coefficient (Wildman–Crippen LogP) is -1.02. The first kappa shape index (κ1) is 9.98. The van der Waals surface area contributed by atoms with Crippen molar-refractivity contribution >= 4 is 11.9 Å². The van der Waals surface area contributed by atoms with Gasteiger partial charge in [0.05, 0.1) is 7.11 Å². The number of carbonyl (C=O) groups excluding carboxylic acids is 2. The van der Waals surface area contributed by atoms with Gasteiger partial charge in [-0.05, 0) is 7.05 Å². The summed E-state index contributed by atoms with van der Waals surface area (Å²) >= 11 is 0. The Bertz CT molecular complexity index is 217. The molecule has 1 heterocycles. The lowest BCUT2D eigenvalue weighted by molar-refractivity contribution is -0.146. The van der Waals surface area contributed by atoms with Crippen molar-refractivity contribution in [2.24, 2.45) is 0 Å². The van der Waals surface area contributed by atoms with Crippen LogP contribution in [-0.2, 0) is 14.3 Å². The van der Waals surface area contributed by atoms with Crippen LogP contribution in [0.25, 0.3) is 0 Å². The van der Waals surface area contributed by atoms with Gasteiger partial charge in [-0.1, -0.05) is 0 Å². The lowest BCUT2D eigenvalue weighted by Crippen LogP contribution is -2.44. The van der Waals surface area contributed by atoms with Gasteiger partial charge in [-0.2, -0.15) is 0 Å². The van der Waals surface area contributed by atoms with Gasteiger partial charge >= 0.3 is 5.97 Å². The lowest BCUT2D eigenvalue weighted by Gasteiger charge is -2.21. The van der Waals surface area contributed by atoms with Crippen molar-refractivity contribution in [3.05, 3.63) is 0 Å². The summed E-state index contributed by atoms with van der Waals surface area (Å²) in [6.45, 7) is 0.924. The van der Waals surface area contributed by atoms with E-state index in [2.05, 4.69) is 10.1 Å². The molecule has 1 rings (SSSR count). The molecule has 1 N–H and O–H groups in total. The van der Waals surface area contributed by atoms with Gasteiger partial charge in [-0.15, -0.1) is 0 Å². The van der Waals surface area contributed by atoms with E-state index in [9.17, 15) is 9.59 Å². The van der Waals surface area contributed by atoms with E-state index in [-0.39, 0.29) is 17.9 Å². The molecule has 13 heavy (non-hydrogen) atoms. The van der Waals surface area contributed by atoms with Crippen LogP contribution in [0, 0.1) is 0 Å². The molecule has 0 aliphatic carbocycles. The Morgan fingerprint density at radius 1 is 1.69 bits per heavy atom. The third-order valence-electron chi connectivity index (χ3n) is 2.19. The summed E-state index contributed by atoms with van der Waals surface area (Å²) in [5, 5.41) is 2.66. The van der Waals surface area contributed by atoms with Gasteiger partial charge < -0.3 is 10.1 Å². The highest BCUT2D eigenvalue weighted by Gasteiger charge is 2.27. The van der Waals surface area contributed by atoms with Crippen molar-refractivity contribution < 1.29 is 14.3 Å². The van der Waals surface area contributed by atoms with Crippen LogP contribution in [0.3, 0.4) is 0 Å². The highest BCUT2D eigenvalue weighted by molar-refractivity contribution is 5.80. The highest BCUT2D eigenvalue weighted by atomic mass is 16.5. The minimum absolute atomic E-state index is 0.0155. The first-order valence-corrected chi connectivity index (χ1v) is 4.20. The molecule has 1 aliphatic rings. The Labute approximate surface area is 77.0 Å². The normalized spacial score (nSPS) is 24.8. The SMILES string of the molecule is COC(=O)C1CNC(=O)CCN1C. The number of hydrogen-bond acceptors (Lipinski definition) is 4. The molecule has 1 atom stereocenters. The van der Waals surface area contributed by atoms with E-state index in [1.165, 1.54) is 7.11 Å². The highest BCUT2D eigenvalue weighted by Crippen LogP contribution is 2.03. The van der Waals surface area contributed by atoms with E-state index in [0.29, 0.717) is 19.5 Å². The largest absolute Gasteiger partial charge is 0.468 e. The van der Waals surface area contributed by atoms with E-state index in [1.54, 1.807) is 0 Å². The summed E-state index contributed by atoms with van der Waals surface area (Å²) in [6, 6.07) is -0.351. The Balaban J connectivity index is 2.61. The fourth-order valence-electron chi connectivity index (χ4n) is 1.29. The number of rotatable bonds is 1. The number of ether oxygens (including phenoxy) is 1. The first-order chi connectivity index (χ1) is 6.15. The van der Waals surface area contributed by atoms with Crippen LogP contribution >= 0.6 is 0 Å². The molecule has 1 amide bonds. The molecule has 0 aromatic heterocycles. The maximum atomic E-state index is 11.2. The molecule has 1 aliphatic heterocycles. The van der Waals surface area contributed by atoms with Gasteiger partial charge in [-0.25, -0.2) is 0 Å². The van der Waals surface area contributed by atoms with E-state index in [1.807, 2.05) is 11.9 Å². The Morgan fingerprint density at radius 2 is 2.38 bits per heavy atom. The molecule has 1 unspecified atom stereocenters. The van der Waals surface area contributed by atoms with Gasteiger partial charge in [0.2, 0.25) is 5.91 Å². The number of likely N-dealkylation sites (N-methyl/N-ethyl adjacent to an activating group) is 1. The van der Waals surface area contributed by atoms with Gasteiger partial charge in [0.1, 0.15) is 6.04 Å². The van der Waals surface area contributed by atoms with E-state index < -0.39 is 0 Å². The van der Waals surface area contributed by atoms with Crippen molar-refractivity contribution in [2.45, 2.75) is 12.5 Å². The van der Waals surface area contributed by atoms with Gasteiger partial charge in [0.25, 0.3) is 0 Å². The minimum atomic E-state index is -0.351. The second-order valence-corrected chi connectivity index (χ2v) is 3.07. The molecule has 0 radical (unpaired) electrons. The molecule has 0 bridgehead atoms. The van der Waals surface area contributed by atoms with Crippen molar-refractivity contribution in [3.8, 4) is 0 Å². The number of amides is 1. The van der Waals surface area contributed by atoms with Crippen molar-refractivity contribution in [1.82, 2.24) is 10.2 Å². The molecule has 5 nitrogen and oxygen atoms in total. The number of nitrogens with one attached hydrogen (secondary N) is 1. The van der Waals surface area contributed by atoms with Crippen LogP contribution in [0.1, 0.15) is 6.42 Å². The third-order valence-corrected chi connectivity index (χ3v) is 2.19. The Kier molecular flexibility index (Phi) is 3.25. The molecule has 74 valence electrons. The number of hydrogen-bond donors (Lipinski definition) is 1. The molecule has 1 fully saturated rings. The number of carbonyl (C=O) groups is 2. The number of nitrogens with zero attached hydrogens (tertiary/aromatic N) is 1. The minimum Gasteiger partial charge on any atom is -0.468 e. The second-order valence-electron chi connectivity index (χ2n) is 3.07. The zero-order chi connectivity index (χ0) is 9.84. The van der Waals surface area contributed by atoms with Crippen LogP contribution in [0.4, 0.5) is 0 Å².